The fraction of sp³-hybridized carbons (Fsp3) is 0.933. The second-order valence-electron chi connectivity index (χ2n) is 5.86. The van der Waals surface area contributed by atoms with Crippen molar-refractivity contribution >= 4 is 17.7 Å². The zero-order chi connectivity index (χ0) is 13.5. The van der Waals surface area contributed by atoms with Gasteiger partial charge in [0.25, 0.3) is 0 Å². The van der Waals surface area contributed by atoms with Crippen LogP contribution in [-0.4, -0.2) is 36.6 Å². The summed E-state index contributed by atoms with van der Waals surface area (Å²) in [5.74, 6) is 2.06. The topological polar surface area (TPSA) is 36.4 Å². The molecule has 110 valence electrons. The lowest BCUT2D eigenvalue weighted by molar-refractivity contribution is 0.611. The average Bonchev–Trinajstić information content (AvgIpc) is 3.13. The van der Waals surface area contributed by atoms with Gasteiger partial charge in [-0.15, -0.1) is 0 Å². The van der Waals surface area contributed by atoms with Gasteiger partial charge in [0.15, 0.2) is 5.96 Å². The molecule has 0 aromatic carbocycles. The van der Waals surface area contributed by atoms with E-state index >= 15 is 0 Å². The zero-order valence-corrected chi connectivity index (χ0v) is 13.3. The summed E-state index contributed by atoms with van der Waals surface area (Å²) in [4.78, 5) is 4.72. The fourth-order valence-corrected chi connectivity index (χ4v) is 3.57. The van der Waals surface area contributed by atoms with Crippen molar-refractivity contribution in [3.8, 4) is 0 Å². The van der Waals surface area contributed by atoms with Gasteiger partial charge in [0.1, 0.15) is 0 Å². The van der Waals surface area contributed by atoms with Crippen LogP contribution in [0.1, 0.15) is 51.9 Å². The van der Waals surface area contributed by atoms with Gasteiger partial charge in [-0.05, 0) is 51.2 Å². The molecule has 0 aromatic rings. The van der Waals surface area contributed by atoms with Crippen LogP contribution in [0.2, 0.25) is 0 Å². The van der Waals surface area contributed by atoms with Gasteiger partial charge in [-0.1, -0.05) is 12.8 Å². The first kappa shape index (κ1) is 15.0. The highest BCUT2D eigenvalue weighted by molar-refractivity contribution is 7.99. The Hall–Kier alpha value is -0.380. The van der Waals surface area contributed by atoms with Crippen molar-refractivity contribution in [1.82, 2.24) is 10.6 Å². The Bertz CT molecular complexity index is 289. The number of nitrogens with zero attached hydrogens (tertiary/aromatic N) is 1. The highest BCUT2D eigenvalue weighted by atomic mass is 32.2. The first-order valence-electron chi connectivity index (χ1n) is 7.89. The molecule has 2 aliphatic rings. The maximum atomic E-state index is 4.72. The highest BCUT2D eigenvalue weighted by Gasteiger charge is 2.24. The van der Waals surface area contributed by atoms with E-state index in [9.17, 15) is 0 Å². The van der Waals surface area contributed by atoms with Gasteiger partial charge in [0.05, 0.1) is 0 Å². The predicted octanol–water partition coefficient (Wildman–Crippen LogP) is 3.02. The van der Waals surface area contributed by atoms with E-state index < -0.39 is 0 Å². The van der Waals surface area contributed by atoms with E-state index in [1.165, 1.54) is 44.9 Å². The standard InChI is InChI=1S/C15H29N3S/c1-3-16-15(17-10-4-5-12-6-7-12)18-13-8-9-14(11-13)19-2/h12-14H,3-11H2,1-2H3,(H2,16,17,18). The van der Waals surface area contributed by atoms with Crippen LogP contribution >= 0.6 is 11.8 Å². The van der Waals surface area contributed by atoms with E-state index in [1.54, 1.807) is 0 Å². The van der Waals surface area contributed by atoms with E-state index in [0.29, 0.717) is 6.04 Å². The van der Waals surface area contributed by atoms with E-state index in [0.717, 1.165) is 30.2 Å². The Labute approximate surface area is 122 Å². The van der Waals surface area contributed by atoms with Crippen LogP contribution in [-0.2, 0) is 0 Å². The quantitative estimate of drug-likeness (QED) is 0.428. The first-order valence-corrected chi connectivity index (χ1v) is 9.18. The number of hydrogen-bond acceptors (Lipinski definition) is 2. The molecule has 0 saturated heterocycles. The number of hydrogen-bond donors (Lipinski definition) is 2. The van der Waals surface area contributed by atoms with Crippen molar-refractivity contribution < 1.29 is 0 Å². The van der Waals surface area contributed by atoms with Crippen LogP contribution in [0.4, 0.5) is 0 Å². The van der Waals surface area contributed by atoms with Crippen molar-refractivity contribution in [2.24, 2.45) is 10.9 Å². The molecule has 0 radical (unpaired) electrons. The van der Waals surface area contributed by atoms with Gasteiger partial charge in [0.2, 0.25) is 0 Å². The van der Waals surface area contributed by atoms with E-state index in [4.69, 9.17) is 4.99 Å². The average molecular weight is 283 g/mol. The maximum absolute atomic E-state index is 4.72. The molecule has 2 fully saturated rings. The van der Waals surface area contributed by atoms with Crippen molar-refractivity contribution in [1.29, 1.82) is 0 Å². The summed E-state index contributed by atoms with van der Waals surface area (Å²) >= 11 is 2.01. The normalized spacial score (nSPS) is 27.6. The molecule has 2 saturated carbocycles. The number of thioether (sulfide) groups is 1. The van der Waals surface area contributed by atoms with Crippen LogP contribution in [0.15, 0.2) is 4.99 Å². The minimum atomic E-state index is 0.624. The van der Waals surface area contributed by atoms with Gasteiger partial charge in [-0.2, -0.15) is 11.8 Å². The highest BCUT2D eigenvalue weighted by Crippen LogP contribution is 2.33. The SMILES string of the molecule is CCNC(=NCCCC1CC1)NC1CCC(SC)C1. The molecular formula is C15H29N3S. The molecule has 19 heavy (non-hydrogen) atoms. The molecule has 0 amide bonds. The molecule has 0 spiro atoms. The molecule has 3 nitrogen and oxygen atoms in total. The van der Waals surface area contributed by atoms with E-state index in [2.05, 4.69) is 23.8 Å². The number of guanidine groups is 1. The summed E-state index contributed by atoms with van der Waals surface area (Å²) in [5, 5.41) is 7.83. The molecule has 2 atom stereocenters. The Kier molecular flexibility index (Phi) is 6.35. The van der Waals surface area contributed by atoms with Gasteiger partial charge >= 0.3 is 0 Å². The van der Waals surface area contributed by atoms with E-state index in [-0.39, 0.29) is 0 Å². The molecule has 2 rings (SSSR count). The summed E-state index contributed by atoms with van der Waals surface area (Å²) in [6.07, 6.45) is 11.7. The second kappa shape index (κ2) is 8.03. The van der Waals surface area contributed by atoms with Gasteiger partial charge in [0, 0.05) is 24.4 Å². The summed E-state index contributed by atoms with van der Waals surface area (Å²) in [6, 6.07) is 0.624. The van der Waals surface area contributed by atoms with Crippen molar-refractivity contribution in [2.45, 2.75) is 63.2 Å². The maximum Gasteiger partial charge on any atom is 0.191 e. The monoisotopic (exact) mass is 283 g/mol. The summed E-state index contributed by atoms with van der Waals surface area (Å²) in [6.45, 7) is 4.07. The third-order valence-electron chi connectivity index (χ3n) is 4.14. The van der Waals surface area contributed by atoms with Gasteiger partial charge < -0.3 is 10.6 Å². The third kappa shape index (κ3) is 5.64. The predicted molar refractivity (Wildman–Crippen MR) is 86.0 cm³/mol. The van der Waals surface area contributed by atoms with Gasteiger partial charge in [-0.3, -0.25) is 4.99 Å². The number of nitrogens with one attached hydrogen (secondary N) is 2. The lowest BCUT2D eigenvalue weighted by atomic mass is 10.2. The molecule has 0 aromatic heterocycles. The molecular weight excluding hydrogens is 254 g/mol. The number of rotatable bonds is 7. The van der Waals surface area contributed by atoms with Crippen LogP contribution < -0.4 is 10.6 Å². The lowest BCUT2D eigenvalue weighted by Gasteiger charge is -2.17. The van der Waals surface area contributed by atoms with Crippen LogP contribution in [0.25, 0.3) is 0 Å². The molecule has 2 N–H and O–H groups in total. The zero-order valence-electron chi connectivity index (χ0n) is 12.5. The van der Waals surface area contributed by atoms with Crippen LogP contribution in [0, 0.1) is 5.92 Å². The minimum absolute atomic E-state index is 0.624. The molecule has 2 unspecified atom stereocenters. The summed E-state index contributed by atoms with van der Waals surface area (Å²) in [5.41, 5.74) is 0. The minimum Gasteiger partial charge on any atom is -0.357 e. The third-order valence-corrected chi connectivity index (χ3v) is 5.24. The fourth-order valence-electron chi connectivity index (χ4n) is 2.78. The Balaban J connectivity index is 1.69. The second-order valence-corrected chi connectivity index (χ2v) is 7.00. The Morgan fingerprint density at radius 3 is 2.74 bits per heavy atom. The van der Waals surface area contributed by atoms with Crippen molar-refractivity contribution in [3.05, 3.63) is 0 Å². The largest absolute Gasteiger partial charge is 0.357 e. The summed E-state index contributed by atoms with van der Waals surface area (Å²) in [7, 11) is 0. The molecule has 4 heteroatoms. The molecule has 0 heterocycles. The van der Waals surface area contributed by atoms with Crippen LogP contribution in [0.5, 0.6) is 0 Å². The van der Waals surface area contributed by atoms with Crippen molar-refractivity contribution in [2.75, 3.05) is 19.3 Å². The van der Waals surface area contributed by atoms with Crippen LogP contribution in [0.3, 0.4) is 0 Å². The molecule has 0 bridgehead atoms. The first-order chi connectivity index (χ1) is 9.31. The molecule has 0 aliphatic heterocycles. The lowest BCUT2D eigenvalue weighted by Crippen LogP contribution is -2.42. The smallest absolute Gasteiger partial charge is 0.191 e. The Morgan fingerprint density at radius 1 is 1.26 bits per heavy atom. The van der Waals surface area contributed by atoms with E-state index in [1.807, 2.05) is 11.8 Å². The summed E-state index contributed by atoms with van der Waals surface area (Å²) < 4.78 is 0. The Morgan fingerprint density at radius 2 is 2.11 bits per heavy atom. The number of aliphatic imine (C=N–C) groups is 1. The van der Waals surface area contributed by atoms with Crippen molar-refractivity contribution in [3.63, 3.8) is 0 Å². The molecule has 2 aliphatic carbocycles. The van der Waals surface area contributed by atoms with Gasteiger partial charge in [-0.25, -0.2) is 0 Å².